The predicted octanol–water partition coefficient (Wildman–Crippen LogP) is 6.10. The van der Waals surface area contributed by atoms with Gasteiger partial charge in [0.25, 0.3) is 11.8 Å². The van der Waals surface area contributed by atoms with Crippen LogP contribution in [0.1, 0.15) is 24.5 Å². The van der Waals surface area contributed by atoms with Crippen molar-refractivity contribution in [2.75, 3.05) is 18.6 Å². The summed E-state index contributed by atoms with van der Waals surface area (Å²) in [6.45, 7) is 2.89. The quantitative estimate of drug-likeness (QED) is 0.166. The van der Waals surface area contributed by atoms with E-state index in [4.69, 9.17) is 14.2 Å². The largest absolute Gasteiger partial charge is 0.494 e. The first-order chi connectivity index (χ1) is 18.3. The van der Waals surface area contributed by atoms with Gasteiger partial charge in [0, 0.05) is 4.47 Å². The number of ether oxygens (including phenoxy) is 3. The van der Waals surface area contributed by atoms with Crippen LogP contribution in [0.25, 0.3) is 6.08 Å². The van der Waals surface area contributed by atoms with Crippen LogP contribution in [0.5, 0.6) is 17.2 Å². The lowest BCUT2D eigenvalue weighted by Gasteiger charge is -2.26. The molecule has 1 aliphatic heterocycles. The molecule has 38 heavy (non-hydrogen) atoms. The predicted molar refractivity (Wildman–Crippen MR) is 155 cm³/mol. The molecular weight excluding hydrogens is 667 g/mol. The minimum Gasteiger partial charge on any atom is -0.494 e. The molecule has 0 spiro atoms. The third-order valence-electron chi connectivity index (χ3n) is 5.53. The van der Waals surface area contributed by atoms with Crippen molar-refractivity contribution in [2.45, 2.75) is 20.0 Å². The molecule has 3 aromatic rings. The number of halogens is 2. The number of nitrogens with zero attached hydrogens (tertiary/aromatic N) is 1. The van der Waals surface area contributed by atoms with E-state index >= 15 is 0 Å². The van der Waals surface area contributed by atoms with Crippen molar-refractivity contribution in [3.8, 4) is 17.2 Å². The van der Waals surface area contributed by atoms with E-state index in [1.807, 2.05) is 31.2 Å². The number of urea groups is 1. The average Bonchev–Trinajstić information content (AvgIpc) is 2.90. The second-order valence-electron chi connectivity index (χ2n) is 8.25. The highest BCUT2D eigenvalue weighted by Gasteiger charge is 2.37. The lowest BCUT2D eigenvalue weighted by Crippen LogP contribution is -2.54. The molecule has 1 N–H and O–H groups in total. The Morgan fingerprint density at radius 3 is 2.37 bits per heavy atom. The highest BCUT2D eigenvalue weighted by atomic mass is 127. The number of hydrogen-bond acceptors (Lipinski definition) is 6. The zero-order valence-electron chi connectivity index (χ0n) is 20.6. The van der Waals surface area contributed by atoms with E-state index in [9.17, 15) is 14.4 Å². The Balaban J connectivity index is 1.59. The summed E-state index contributed by atoms with van der Waals surface area (Å²) >= 11 is 5.53. The summed E-state index contributed by atoms with van der Waals surface area (Å²) in [6.07, 6.45) is 2.28. The number of barbiturate groups is 1. The van der Waals surface area contributed by atoms with E-state index < -0.39 is 17.8 Å². The van der Waals surface area contributed by atoms with Gasteiger partial charge in [0.1, 0.15) is 17.9 Å². The number of methoxy groups -OCH3 is 1. The van der Waals surface area contributed by atoms with E-state index in [0.29, 0.717) is 41.7 Å². The van der Waals surface area contributed by atoms with Gasteiger partial charge in [-0.25, -0.2) is 9.69 Å². The number of carbonyl (C=O) groups excluding carboxylic acids is 3. The second-order valence-corrected chi connectivity index (χ2v) is 10.3. The SMILES string of the molecule is CCCOc1ccc(N2C(=O)NC(=O)/C(=C/c3cc(I)c(OCc4ccc(Br)cc4)c(OC)c3)C2=O)cc1. The molecule has 1 fully saturated rings. The summed E-state index contributed by atoms with van der Waals surface area (Å²) in [6, 6.07) is 16.9. The van der Waals surface area contributed by atoms with Gasteiger partial charge >= 0.3 is 6.03 Å². The maximum absolute atomic E-state index is 13.3. The molecule has 4 rings (SSSR count). The number of hydrogen-bond donors (Lipinski definition) is 1. The minimum absolute atomic E-state index is 0.183. The van der Waals surface area contributed by atoms with Crippen LogP contribution < -0.4 is 24.4 Å². The molecule has 196 valence electrons. The summed E-state index contributed by atoms with van der Waals surface area (Å²) in [7, 11) is 1.52. The summed E-state index contributed by atoms with van der Waals surface area (Å²) in [5.41, 5.74) is 1.66. The summed E-state index contributed by atoms with van der Waals surface area (Å²) in [5.74, 6) is 0.102. The van der Waals surface area contributed by atoms with E-state index in [2.05, 4.69) is 43.8 Å². The molecule has 1 saturated heterocycles. The number of nitrogens with one attached hydrogen (secondary N) is 1. The highest BCUT2D eigenvalue weighted by Crippen LogP contribution is 2.36. The molecule has 0 aliphatic carbocycles. The topological polar surface area (TPSA) is 94.2 Å². The third kappa shape index (κ3) is 6.36. The van der Waals surface area contributed by atoms with Crippen molar-refractivity contribution in [1.82, 2.24) is 5.32 Å². The number of anilines is 1. The third-order valence-corrected chi connectivity index (χ3v) is 6.86. The average molecular weight is 691 g/mol. The Labute approximate surface area is 242 Å². The standard InChI is InChI=1S/C28H24BrIN2O6/c1-3-12-37-21-10-8-20(9-11-21)32-27(34)22(26(33)31-28(32)35)13-18-14-23(30)25(24(15-18)36-2)38-16-17-4-6-19(29)7-5-17/h4-11,13-15H,3,12,16H2,1-2H3,(H,31,33,35)/b22-13-. The summed E-state index contributed by atoms with van der Waals surface area (Å²) in [4.78, 5) is 39.4. The zero-order valence-corrected chi connectivity index (χ0v) is 24.4. The molecule has 0 radical (unpaired) electrons. The van der Waals surface area contributed by atoms with Gasteiger partial charge in [-0.3, -0.25) is 14.9 Å². The van der Waals surface area contributed by atoms with Crippen molar-refractivity contribution in [3.63, 3.8) is 0 Å². The molecular formula is C28H24BrIN2O6. The Bertz CT molecular complexity index is 1390. The van der Waals surface area contributed by atoms with Gasteiger partial charge in [-0.1, -0.05) is 35.0 Å². The number of carbonyl (C=O) groups is 3. The van der Waals surface area contributed by atoms with Gasteiger partial charge in [-0.05, 0) is 94.7 Å². The van der Waals surface area contributed by atoms with Crippen LogP contribution in [0.4, 0.5) is 10.5 Å². The van der Waals surface area contributed by atoms with Gasteiger partial charge in [-0.2, -0.15) is 0 Å². The highest BCUT2D eigenvalue weighted by molar-refractivity contribution is 14.1. The lowest BCUT2D eigenvalue weighted by molar-refractivity contribution is -0.122. The molecule has 3 aromatic carbocycles. The zero-order chi connectivity index (χ0) is 27.2. The van der Waals surface area contributed by atoms with Crippen LogP contribution in [0.3, 0.4) is 0 Å². The molecule has 4 amide bonds. The Morgan fingerprint density at radius 1 is 1.00 bits per heavy atom. The van der Waals surface area contributed by atoms with Gasteiger partial charge in [0.05, 0.1) is 23.0 Å². The molecule has 1 aliphatic rings. The molecule has 0 saturated carbocycles. The number of rotatable bonds is 9. The molecule has 8 nitrogen and oxygen atoms in total. The molecule has 0 atom stereocenters. The molecule has 0 unspecified atom stereocenters. The van der Waals surface area contributed by atoms with E-state index in [0.717, 1.165) is 24.9 Å². The number of imide groups is 2. The normalized spacial score (nSPS) is 14.5. The first-order valence-electron chi connectivity index (χ1n) is 11.7. The van der Waals surface area contributed by atoms with Crippen molar-refractivity contribution >= 4 is 68.1 Å². The lowest BCUT2D eigenvalue weighted by atomic mass is 10.1. The van der Waals surface area contributed by atoms with E-state index in [1.165, 1.54) is 13.2 Å². The summed E-state index contributed by atoms with van der Waals surface area (Å²) in [5, 5.41) is 2.24. The van der Waals surface area contributed by atoms with E-state index in [-0.39, 0.29) is 5.57 Å². The van der Waals surface area contributed by atoms with Crippen molar-refractivity contribution < 1.29 is 28.6 Å². The number of amides is 4. The van der Waals surface area contributed by atoms with Gasteiger partial charge in [-0.15, -0.1) is 0 Å². The van der Waals surface area contributed by atoms with Crippen LogP contribution in [0, 0.1) is 3.57 Å². The number of benzene rings is 3. The van der Waals surface area contributed by atoms with Crippen molar-refractivity contribution in [3.05, 3.63) is 85.4 Å². The molecule has 0 bridgehead atoms. The molecule has 10 heteroatoms. The fourth-order valence-corrected chi connectivity index (χ4v) is 4.71. The smallest absolute Gasteiger partial charge is 0.335 e. The Kier molecular flexibility index (Phi) is 9.05. The monoisotopic (exact) mass is 690 g/mol. The van der Waals surface area contributed by atoms with Crippen LogP contribution in [0.2, 0.25) is 0 Å². The van der Waals surface area contributed by atoms with Crippen LogP contribution in [0.15, 0.2) is 70.7 Å². The Hall–Kier alpha value is -3.38. The van der Waals surface area contributed by atoms with Gasteiger partial charge < -0.3 is 14.2 Å². The maximum Gasteiger partial charge on any atom is 0.335 e. The molecule has 1 heterocycles. The Morgan fingerprint density at radius 2 is 1.71 bits per heavy atom. The van der Waals surface area contributed by atoms with Gasteiger partial charge in [0.15, 0.2) is 11.5 Å². The summed E-state index contributed by atoms with van der Waals surface area (Å²) < 4.78 is 18.8. The van der Waals surface area contributed by atoms with Gasteiger partial charge in [0.2, 0.25) is 0 Å². The van der Waals surface area contributed by atoms with Crippen LogP contribution in [-0.2, 0) is 16.2 Å². The fraction of sp³-hybridized carbons (Fsp3) is 0.179. The van der Waals surface area contributed by atoms with Crippen LogP contribution >= 0.6 is 38.5 Å². The maximum atomic E-state index is 13.3. The second kappa shape index (κ2) is 12.4. The first-order valence-corrected chi connectivity index (χ1v) is 13.6. The minimum atomic E-state index is -0.816. The molecule has 0 aromatic heterocycles. The first kappa shape index (κ1) is 27.6. The fourth-order valence-electron chi connectivity index (χ4n) is 3.67. The van der Waals surface area contributed by atoms with E-state index in [1.54, 1.807) is 36.4 Å². The van der Waals surface area contributed by atoms with Crippen LogP contribution in [-0.4, -0.2) is 31.6 Å². The van der Waals surface area contributed by atoms with Crippen molar-refractivity contribution in [2.24, 2.45) is 0 Å². The van der Waals surface area contributed by atoms with Crippen molar-refractivity contribution in [1.29, 1.82) is 0 Å².